The summed E-state index contributed by atoms with van der Waals surface area (Å²) < 4.78 is 2.75. The van der Waals surface area contributed by atoms with Gasteiger partial charge >= 0.3 is 12.1 Å². The van der Waals surface area contributed by atoms with Crippen LogP contribution in [0.3, 0.4) is 0 Å². The van der Waals surface area contributed by atoms with E-state index in [9.17, 15) is 14.4 Å². The number of thioether (sulfide) groups is 1. The zero-order chi connectivity index (χ0) is 24.2. The van der Waals surface area contributed by atoms with E-state index in [4.69, 9.17) is 0 Å². The van der Waals surface area contributed by atoms with E-state index in [2.05, 4.69) is 38.2 Å². The molecule has 1 aromatic carbocycles. The van der Waals surface area contributed by atoms with Crippen molar-refractivity contribution in [2.24, 2.45) is 0 Å². The first-order chi connectivity index (χ1) is 16.4. The fourth-order valence-corrected chi connectivity index (χ4v) is 5.32. The van der Waals surface area contributed by atoms with Gasteiger partial charge in [0.1, 0.15) is 11.9 Å². The van der Waals surface area contributed by atoms with E-state index >= 15 is 0 Å². The number of hydrogen-bond donors (Lipinski definition) is 2. The van der Waals surface area contributed by atoms with Crippen LogP contribution in [0, 0.1) is 10.5 Å². The predicted octanol–water partition coefficient (Wildman–Crippen LogP) is 3.51. The molecule has 1 fully saturated rings. The van der Waals surface area contributed by atoms with E-state index in [1.807, 2.05) is 47.2 Å². The third kappa shape index (κ3) is 5.51. The Morgan fingerprint density at radius 2 is 1.94 bits per heavy atom. The quantitative estimate of drug-likeness (QED) is 0.477. The molecule has 2 N–H and O–H groups in total. The Balaban J connectivity index is 1.33. The van der Waals surface area contributed by atoms with Gasteiger partial charge in [0.15, 0.2) is 0 Å². The lowest BCUT2D eigenvalue weighted by molar-refractivity contribution is -0.134. The molecule has 0 radical (unpaired) electrons. The molecule has 1 aromatic heterocycles. The van der Waals surface area contributed by atoms with Crippen LogP contribution in [0.4, 0.5) is 15.3 Å². The molecule has 182 valence electrons. The summed E-state index contributed by atoms with van der Waals surface area (Å²) in [4.78, 5) is 46.6. The zero-order valence-corrected chi connectivity index (χ0v) is 22.3. The summed E-state index contributed by atoms with van der Waals surface area (Å²) in [6.07, 6.45) is 5.75. The number of fused-ring (bicyclic) bond motifs is 1. The van der Waals surface area contributed by atoms with Crippen molar-refractivity contribution in [1.29, 1.82) is 0 Å². The topological polar surface area (TPSA) is 99.6 Å². The molecule has 2 aliphatic heterocycles. The van der Waals surface area contributed by atoms with E-state index in [0.717, 1.165) is 27.9 Å². The fraction of sp³-hybridized carbons (Fsp3) is 0.478. The number of carbonyl (C=O) groups excluding carboxylic acids is 3. The van der Waals surface area contributed by atoms with Gasteiger partial charge in [-0.15, -0.1) is 0 Å². The van der Waals surface area contributed by atoms with Crippen LogP contribution in [0.15, 0.2) is 30.5 Å². The van der Waals surface area contributed by atoms with Crippen molar-refractivity contribution in [2.75, 3.05) is 30.4 Å². The number of likely N-dealkylation sites (tertiary alicyclic amines) is 1. The van der Waals surface area contributed by atoms with E-state index in [1.165, 1.54) is 0 Å². The van der Waals surface area contributed by atoms with E-state index < -0.39 is 6.04 Å². The molecule has 11 heteroatoms. The number of aromatic nitrogens is 2. The molecule has 9 nitrogen and oxygen atoms in total. The standard InChI is InChI=1S/C23H29IN6O3S/c1-15-25-13-19-14-29(23(33)30(15)19)18-7-10-28(11-8-18)21(31)20(9-12-34-2)27-22(32)26-17-5-3-16(24)4-6-17/h3-6,13,18,20H,7-12,14H2,1-2H3,(H2,26,27,32)/t20-/m1/s1. The van der Waals surface area contributed by atoms with Crippen LogP contribution >= 0.6 is 34.4 Å². The van der Waals surface area contributed by atoms with Gasteiger partial charge in [-0.1, -0.05) is 0 Å². The number of amides is 4. The minimum absolute atomic E-state index is 0.0263. The van der Waals surface area contributed by atoms with Crippen LogP contribution in [-0.4, -0.2) is 74.5 Å². The van der Waals surface area contributed by atoms with Crippen LogP contribution in [0.5, 0.6) is 0 Å². The molecule has 2 aromatic rings. The molecule has 4 amide bonds. The SMILES string of the molecule is CSCC[C@@H](NC(=O)Nc1ccc(I)cc1)C(=O)N1CCC(N2Cc3cnc(C)n3C2=O)CC1. The third-order valence-corrected chi connectivity index (χ3v) is 7.68. The average Bonchev–Trinajstić information content (AvgIpc) is 3.37. The van der Waals surface area contributed by atoms with Crippen molar-refractivity contribution in [3.8, 4) is 0 Å². The van der Waals surface area contributed by atoms with Gasteiger partial charge in [-0.2, -0.15) is 11.8 Å². The number of anilines is 1. The van der Waals surface area contributed by atoms with Crippen molar-refractivity contribution in [3.05, 3.63) is 45.6 Å². The molecule has 34 heavy (non-hydrogen) atoms. The Morgan fingerprint density at radius 3 is 2.59 bits per heavy atom. The first-order valence-electron chi connectivity index (χ1n) is 11.3. The van der Waals surface area contributed by atoms with Gasteiger partial charge in [0.05, 0.1) is 18.4 Å². The zero-order valence-electron chi connectivity index (χ0n) is 19.3. The molecule has 1 saturated heterocycles. The molecule has 0 spiro atoms. The maximum atomic E-state index is 13.3. The monoisotopic (exact) mass is 596 g/mol. The van der Waals surface area contributed by atoms with Gasteiger partial charge in [0, 0.05) is 28.4 Å². The summed E-state index contributed by atoms with van der Waals surface area (Å²) in [5.41, 5.74) is 1.60. The van der Waals surface area contributed by atoms with Crippen LogP contribution in [0.1, 0.15) is 30.8 Å². The van der Waals surface area contributed by atoms with Crippen molar-refractivity contribution < 1.29 is 14.4 Å². The molecule has 1 atom stereocenters. The number of urea groups is 1. The van der Waals surface area contributed by atoms with Crippen LogP contribution in [-0.2, 0) is 11.3 Å². The number of hydrogen-bond acceptors (Lipinski definition) is 5. The molecular weight excluding hydrogens is 567 g/mol. The highest BCUT2D eigenvalue weighted by Gasteiger charge is 2.37. The molecule has 4 rings (SSSR count). The van der Waals surface area contributed by atoms with Crippen molar-refractivity contribution in [1.82, 2.24) is 24.7 Å². The molecule has 0 saturated carbocycles. The molecule has 0 aliphatic carbocycles. The first-order valence-corrected chi connectivity index (χ1v) is 13.8. The summed E-state index contributed by atoms with van der Waals surface area (Å²) in [6, 6.07) is 6.59. The number of rotatable bonds is 7. The number of nitrogens with zero attached hydrogens (tertiary/aromatic N) is 4. The summed E-state index contributed by atoms with van der Waals surface area (Å²) in [5, 5.41) is 5.68. The minimum Gasteiger partial charge on any atom is -0.341 e. The van der Waals surface area contributed by atoms with Gasteiger partial charge in [0.25, 0.3) is 0 Å². The number of carbonyl (C=O) groups is 3. The number of piperidine rings is 1. The predicted molar refractivity (Wildman–Crippen MR) is 141 cm³/mol. The van der Waals surface area contributed by atoms with E-state index in [-0.39, 0.29) is 24.0 Å². The lowest BCUT2D eigenvalue weighted by Crippen LogP contribution is -2.54. The van der Waals surface area contributed by atoms with Crippen LogP contribution < -0.4 is 10.6 Å². The van der Waals surface area contributed by atoms with Crippen molar-refractivity contribution in [2.45, 2.75) is 44.8 Å². The fourth-order valence-electron chi connectivity index (χ4n) is 4.49. The molecular formula is C23H29IN6O3S. The van der Waals surface area contributed by atoms with Crippen LogP contribution in [0.25, 0.3) is 0 Å². The second-order valence-corrected chi connectivity index (χ2v) is 10.8. The summed E-state index contributed by atoms with van der Waals surface area (Å²) in [5.74, 6) is 1.41. The average molecular weight is 596 g/mol. The Morgan fingerprint density at radius 1 is 1.24 bits per heavy atom. The Labute approximate surface area is 217 Å². The Hall–Kier alpha value is -2.28. The summed E-state index contributed by atoms with van der Waals surface area (Å²) in [6.45, 7) is 3.53. The van der Waals surface area contributed by atoms with Crippen molar-refractivity contribution >= 4 is 58.0 Å². The number of imidazole rings is 1. The highest BCUT2D eigenvalue weighted by Crippen LogP contribution is 2.26. The molecule has 0 unspecified atom stereocenters. The van der Waals surface area contributed by atoms with Crippen molar-refractivity contribution in [3.63, 3.8) is 0 Å². The summed E-state index contributed by atoms with van der Waals surface area (Å²) in [7, 11) is 0. The number of benzene rings is 1. The second kappa shape index (κ2) is 11.0. The van der Waals surface area contributed by atoms with Crippen LogP contribution in [0.2, 0.25) is 0 Å². The smallest absolute Gasteiger partial charge is 0.330 e. The van der Waals surface area contributed by atoms with Gasteiger partial charge in [-0.05, 0) is 85.1 Å². The Kier molecular flexibility index (Phi) is 8.02. The minimum atomic E-state index is -0.587. The van der Waals surface area contributed by atoms with Gasteiger partial charge in [0.2, 0.25) is 5.91 Å². The third-order valence-electron chi connectivity index (χ3n) is 6.31. The second-order valence-electron chi connectivity index (χ2n) is 8.54. The lowest BCUT2D eigenvalue weighted by atomic mass is 10.0. The number of nitrogens with one attached hydrogen (secondary N) is 2. The van der Waals surface area contributed by atoms with Gasteiger partial charge in [-0.25, -0.2) is 14.6 Å². The molecule has 0 bridgehead atoms. The normalized spacial score (nSPS) is 17.0. The maximum absolute atomic E-state index is 13.3. The summed E-state index contributed by atoms with van der Waals surface area (Å²) >= 11 is 3.85. The molecule has 2 aliphatic rings. The molecule has 3 heterocycles. The van der Waals surface area contributed by atoms with Gasteiger partial charge in [-0.3, -0.25) is 9.36 Å². The number of aryl methyl sites for hydroxylation is 1. The lowest BCUT2D eigenvalue weighted by Gasteiger charge is -2.37. The van der Waals surface area contributed by atoms with E-state index in [0.29, 0.717) is 37.6 Å². The van der Waals surface area contributed by atoms with Gasteiger partial charge < -0.3 is 20.4 Å². The highest BCUT2D eigenvalue weighted by atomic mass is 127. The largest absolute Gasteiger partial charge is 0.341 e. The first kappa shape index (κ1) is 24.8. The maximum Gasteiger partial charge on any atom is 0.330 e. The number of halogens is 1. The highest BCUT2D eigenvalue weighted by molar-refractivity contribution is 14.1. The van der Waals surface area contributed by atoms with E-state index in [1.54, 1.807) is 22.5 Å². The Bertz CT molecular complexity index is 1050.